The Morgan fingerprint density at radius 3 is 2.80 bits per heavy atom. The highest BCUT2D eigenvalue weighted by atomic mass is 32.2. The summed E-state index contributed by atoms with van der Waals surface area (Å²) in [5.41, 5.74) is 8.45. The number of Topliss-reactive ketones (excluding diaryl/α,β-unsaturated/α-hetero) is 1. The molecule has 1 rings (SSSR count). The number of sulfonamides is 1. The van der Waals surface area contributed by atoms with Crippen LogP contribution in [0.15, 0.2) is 34.3 Å². The number of nitrogens with one attached hydrogen (secondary N) is 1. The summed E-state index contributed by atoms with van der Waals surface area (Å²) in [6.45, 7) is 1.99. The van der Waals surface area contributed by atoms with Gasteiger partial charge in [0.15, 0.2) is 5.78 Å². The monoisotopic (exact) mass is 296 g/mol. The first kappa shape index (κ1) is 16.2. The summed E-state index contributed by atoms with van der Waals surface area (Å²) in [7, 11) is -3.61. The fourth-order valence-corrected chi connectivity index (χ4v) is 2.64. The molecule has 0 unspecified atom stereocenters. The van der Waals surface area contributed by atoms with Gasteiger partial charge in [0.2, 0.25) is 10.0 Å². The summed E-state index contributed by atoms with van der Waals surface area (Å²) in [5.74, 6) is -0.184. The quantitative estimate of drug-likeness (QED) is 0.261. The lowest BCUT2D eigenvalue weighted by Gasteiger charge is -2.07. The van der Waals surface area contributed by atoms with Gasteiger partial charge in [0, 0.05) is 23.6 Å². The Hall–Kier alpha value is -1.89. The summed E-state index contributed by atoms with van der Waals surface area (Å²) in [6.07, 6.45) is 1.19. The minimum Gasteiger partial charge on any atom is -0.295 e. The maximum Gasteiger partial charge on any atom is 0.240 e. The van der Waals surface area contributed by atoms with Crippen molar-refractivity contribution in [2.45, 2.75) is 24.7 Å². The average Bonchev–Trinajstić information content (AvgIpc) is 2.43. The molecule has 1 aromatic rings. The van der Waals surface area contributed by atoms with Gasteiger partial charge in [-0.3, -0.25) is 4.79 Å². The van der Waals surface area contributed by atoms with Gasteiger partial charge in [0.1, 0.15) is 0 Å². The Bertz CT molecular complexity index is 621. The van der Waals surface area contributed by atoms with Crippen LogP contribution in [0.25, 0.3) is 10.4 Å². The molecule has 0 aliphatic rings. The lowest BCUT2D eigenvalue weighted by Crippen LogP contribution is -2.25. The second kappa shape index (κ2) is 7.64. The Labute approximate surface area is 117 Å². The van der Waals surface area contributed by atoms with Crippen molar-refractivity contribution >= 4 is 15.8 Å². The zero-order valence-corrected chi connectivity index (χ0v) is 11.9. The minimum atomic E-state index is -3.61. The average molecular weight is 296 g/mol. The second-order valence-electron chi connectivity index (χ2n) is 4.14. The number of benzene rings is 1. The fourth-order valence-electron chi connectivity index (χ4n) is 1.52. The van der Waals surface area contributed by atoms with E-state index in [2.05, 4.69) is 14.7 Å². The van der Waals surface area contributed by atoms with Gasteiger partial charge in [-0.05, 0) is 37.4 Å². The summed E-state index contributed by atoms with van der Waals surface area (Å²) >= 11 is 0. The van der Waals surface area contributed by atoms with Crippen molar-refractivity contribution in [2.24, 2.45) is 5.11 Å². The number of carbonyl (C=O) groups is 1. The van der Waals surface area contributed by atoms with Crippen LogP contribution in [0.5, 0.6) is 0 Å². The first-order chi connectivity index (χ1) is 9.47. The van der Waals surface area contributed by atoms with Gasteiger partial charge in [0.25, 0.3) is 0 Å². The zero-order valence-electron chi connectivity index (χ0n) is 11.1. The fraction of sp³-hybridized carbons (Fsp3) is 0.417. The predicted molar refractivity (Wildman–Crippen MR) is 74.9 cm³/mol. The van der Waals surface area contributed by atoms with Gasteiger partial charge in [-0.1, -0.05) is 17.2 Å². The Kier molecular flexibility index (Phi) is 6.17. The summed E-state index contributed by atoms with van der Waals surface area (Å²) < 4.78 is 26.4. The van der Waals surface area contributed by atoms with Gasteiger partial charge in [-0.15, -0.1) is 0 Å². The van der Waals surface area contributed by atoms with E-state index in [1.807, 2.05) is 0 Å². The number of ketones is 1. The maximum absolute atomic E-state index is 12.0. The molecule has 0 saturated heterocycles. The smallest absolute Gasteiger partial charge is 0.240 e. The second-order valence-corrected chi connectivity index (χ2v) is 5.91. The highest BCUT2D eigenvalue weighted by Gasteiger charge is 2.14. The van der Waals surface area contributed by atoms with E-state index in [0.717, 1.165) is 0 Å². The Morgan fingerprint density at radius 1 is 1.40 bits per heavy atom. The van der Waals surface area contributed by atoms with Crippen LogP contribution in [0.2, 0.25) is 0 Å². The van der Waals surface area contributed by atoms with Crippen LogP contribution in [-0.4, -0.2) is 27.3 Å². The molecule has 0 radical (unpaired) electrons. The number of nitrogens with zero attached hydrogens (tertiary/aromatic N) is 3. The third kappa shape index (κ3) is 5.00. The van der Waals surface area contributed by atoms with E-state index in [0.29, 0.717) is 24.9 Å². The van der Waals surface area contributed by atoms with Crippen molar-refractivity contribution in [3.63, 3.8) is 0 Å². The van der Waals surface area contributed by atoms with Crippen LogP contribution < -0.4 is 4.72 Å². The molecule has 1 aromatic carbocycles. The molecular formula is C12H16N4O3S. The van der Waals surface area contributed by atoms with Crippen LogP contribution in [-0.2, 0) is 10.0 Å². The molecule has 0 aliphatic heterocycles. The highest BCUT2D eigenvalue weighted by Crippen LogP contribution is 2.12. The van der Waals surface area contributed by atoms with E-state index in [9.17, 15) is 13.2 Å². The van der Waals surface area contributed by atoms with E-state index in [4.69, 9.17) is 5.53 Å². The van der Waals surface area contributed by atoms with Crippen LogP contribution in [0.4, 0.5) is 0 Å². The van der Waals surface area contributed by atoms with E-state index in [-0.39, 0.29) is 17.2 Å². The molecule has 0 atom stereocenters. The molecule has 0 fully saturated rings. The largest absolute Gasteiger partial charge is 0.295 e. The number of unbranched alkanes of at least 4 members (excludes halogenated alkanes) is 1. The molecule has 0 amide bonds. The number of hydrogen-bond donors (Lipinski definition) is 1. The van der Waals surface area contributed by atoms with Crippen LogP contribution in [0.3, 0.4) is 0 Å². The van der Waals surface area contributed by atoms with Crippen molar-refractivity contribution in [2.75, 3.05) is 13.1 Å². The molecule has 108 valence electrons. The maximum atomic E-state index is 12.0. The zero-order chi connectivity index (χ0) is 15.0. The Morgan fingerprint density at radius 2 is 2.15 bits per heavy atom. The molecule has 7 nitrogen and oxygen atoms in total. The van der Waals surface area contributed by atoms with Gasteiger partial charge in [-0.2, -0.15) is 0 Å². The number of rotatable bonds is 8. The highest BCUT2D eigenvalue weighted by molar-refractivity contribution is 7.89. The van der Waals surface area contributed by atoms with E-state index in [1.165, 1.54) is 25.1 Å². The van der Waals surface area contributed by atoms with Gasteiger partial charge in [0.05, 0.1) is 4.90 Å². The topological polar surface area (TPSA) is 112 Å². The third-order valence-corrected chi connectivity index (χ3v) is 4.05. The standard InChI is InChI=1S/C12H16N4O3S/c1-10(17)11-5-4-6-12(9-11)20(18,19)15-8-3-2-7-14-16-13/h4-6,9,15H,2-3,7-8H2,1H3. The molecule has 0 spiro atoms. The van der Waals surface area contributed by atoms with Crippen LogP contribution in [0, 0.1) is 0 Å². The minimum absolute atomic E-state index is 0.0697. The summed E-state index contributed by atoms with van der Waals surface area (Å²) in [5, 5.41) is 3.36. The van der Waals surface area contributed by atoms with Crippen LogP contribution in [0.1, 0.15) is 30.1 Å². The molecule has 0 bridgehead atoms. The molecule has 0 aliphatic carbocycles. The lowest BCUT2D eigenvalue weighted by atomic mass is 10.2. The predicted octanol–water partition coefficient (Wildman–Crippen LogP) is 2.26. The molecule has 8 heteroatoms. The van der Waals surface area contributed by atoms with E-state index in [1.54, 1.807) is 6.07 Å². The number of hydrogen-bond acceptors (Lipinski definition) is 4. The first-order valence-electron chi connectivity index (χ1n) is 6.09. The molecule has 0 heterocycles. The summed E-state index contributed by atoms with van der Waals surface area (Å²) in [4.78, 5) is 13.9. The van der Waals surface area contributed by atoms with Crippen molar-refractivity contribution in [1.82, 2.24) is 4.72 Å². The normalized spacial score (nSPS) is 10.8. The van der Waals surface area contributed by atoms with Crippen LogP contribution >= 0.6 is 0 Å². The molecule has 1 N–H and O–H groups in total. The molecular weight excluding hydrogens is 280 g/mol. The number of carbonyl (C=O) groups excluding carboxylic acids is 1. The molecule has 20 heavy (non-hydrogen) atoms. The van der Waals surface area contributed by atoms with Gasteiger partial charge >= 0.3 is 0 Å². The summed E-state index contributed by atoms with van der Waals surface area (Å²) in [6, 6.07) is 5.90. The lowest BCUT2D eigenvalue weighted by molar-refractivity contribution is 0.101. The molecule has 0 saturated carbocycles. The Balaban J connectivity index is 2.62. The van der Waals surface area contributed by atoms with Crippen molar-refractivity contribution in [3.05, 3.63) is 40.3 Å². The van der Waals surface area contributed by atoms with Crippen molar-refractivity contribution in [1.29, 1.82) is 0 Å². The van der Waals surface area contributed by atoms with Crippen molar-refractivity contribution in [3.8, 4) is 0 Å². The van der Waals surface area contributed by atoms with Gasteiger partial charge in [-0.25, -0.2) is 13.1 Å². The van der Waals surface area contributed by atoms with E-state index >= 15 is 0 Å². The van der Waals surface area contributed by atoms with Gasteiger partial charge < -0.3 is 0 Å². The third-order valence-electron chi connectivity index (χ3n) is 2.59. The van der Waals surface area contributed by atoms with Crippen molar-refractivity contribution < 1.29 is 13.2 Å². The SMILES string of the molecule is CC(=O)c1cccc(S(=O)(=O)NCCCCN=[N+]=[N-])c1. The number of azide groups is 1. The van der Waals surface area contributed by atoms with E-state index < -0.39 is 10.0 Å². The molecule has 0 aromatic heterocycles. The first-order valence-corrected chi connectivity index (χ1v) is 7.57.